The molecule has 1 saturated heterocycles. The number of aromatic amines is 1. The predicted octanol–water partition coefficient (Wildman–Crippen LogP) is 7.59. The molecular weight excluding hydrogens is 749 g/mol. The van der Waals surface area contributed by atoms with Gasteiger partial charge in [0.2, 0.25) is 5.91 Å². The second-order valence-electron chi connectivity index (χ2n) is 14.4. The summed E-state index contributed by atoms with van der Waals surface area (Å²) >= 11 is 0. The number of aryl methyl sites for hydroxylation is 1. The van der Waals surface area contributed by atoms with E-state index in [2.05, 4.69) is 14.8 Å². The third-order valence-electron chi connectivity index (χ3n) is 10.6. The quantitative estimate of drug-likeness (QED) is 0.111. The van der Waals surface area contributed by atoms with Gasteiger partial charge in [-0.3, -0.25) is 14.3 Å². The van der Waals surface area contributed by atoms with Crippen LogP contribution in [0.4, 0.5) is 33.3 Å². The molecule has 0 bridgehead atoms. The molecule has 0 radical (unpaired) electrons. The Labute approximate surface area is 325 Å². The third kappa shape index (κ3) is 8.25. The van der Waals surface area contributed by atoms with Crippen LogP contribution in [0.1, 0.15) is 53.2 Å². The van der Waals surface area contributed by atoms with Crippen molar-refractivity contribution in [3.05, 3.63) is 95.5 Å². The highest BCUT2D eigenvalue weighted by Crippen LogP contribution is 2.44. The van der Waals surface area contributed by atoms with Crippen LogP contribution in [0.15, 0.2) is 67.0 Å². The van der Waals surface area contributed by atoms with Crippen molar-refractivity contribution in [2.45, 2.75) is 44.5 Å². The molecule has 11 nitrogen and oxygen atoms in total. The molecule has 0 spiro atoms. The number of anilines is 2. The summed E-state index contributed by atoms with van der Waals surface area (Å²) in [5, 5.41) is 4.32. The number of hydrogen-bond acceptors (Lipinski definition) is 7. The number of nitrogen functional groups attached to an aromatic ring is 1. The SMILES string of the molecule is COc1cc(N2CCC(c3ccc(-c4cc(C5=CCCN(C(=O)CCn6cccn6)C5)c(F)c5[nH]c(C(=O)N(C)C)cc45)c(OC(F)(F)F)c3)CC2)c(F)cc1N. The van der Waals surface area contributed by atoms with Crippen molar-refractivity contribution >= 4 is 39.7 Å². The van der Waals surface area contributed by atoms with Crippen molar-refractivity contribution in [3.8, 4) is 22.6 Å². The zero-order valence-electron chi connectivity index (χ0n) is 31.6. The van der Waals surface area contributed by atoms with E-state index in [9.17, 15) is 27.2 Å². The first-order chi connectivity index (χ1) is 27.2. The third-order valence-corrected chi connectivity index (χ3v) is 10.6. The molecule has 16 heteroatoms. The number of H-pyrrole nitrogens is 1. The van der Waals surface area contributed by atoms with Crippen molar-refractivity contribution in [2.75, 3.05) is 58.0 Å². The normalized spacial score (nSPS) is 15.2. The topological polar surface area (TPSA) is 122 Å². The van der Waals surface area contributed by atoms with Crippen LogP contribution in [0.2, 0.25) is 0 Å². The maximum atomic E-state index is 16.6. The molecule has 7 rings (SSSR count). The second kappa shape index (κ2) is 15.8. The lowest BCUT2D eigenvalue weighted by atomic mass is 9.87. The number of nitrogens with two attached hydrogens (primary N) is 1. The van der Waals surface area contributed by atoms with Crippen LogP contribution in [-0.4, -0.2) is 90.1 Å². The number of nitrogens with zero attached hydrogens (tertiary/aromatic N) is 5. The first kappa shape index (κ1) is 39.2. The lowest BCUT2D eigenvalue weighted by molar-refractivity contribution is -0.274. The molecule has 300 valence electrons. The molecule has 2 amide bonds. The van der Waals surface area contributed by atoms with E-state index in [-0.39, 0.29) is 63.8 Å². The van der Waals surface area contributed by atoms with Gasteiger partial charge in [-0.15, -0.1) is 13.2 Å². The van der Waals surface area contributed by atoms with Gasteiger partial charge in [-0.2, -0.15) is 5.10 Å². The molecule has 57 heavy (non-hydrogen) atoms. The maximum Gasteiger partial charge on any atom is 0.573 e. The van der Waals surface area contributed by atoms with Crippen molar-refractivity contribution in [2.24, 2.45) is 0 Å². The van der Waals surface area contributed by atoms with Gasteiger partial charge in [-0.1, -0.05) is 18.2 Å². The zero-order chi connectivity index (χ0) is 40.6. The lowest BCUT2D eigenvalue weighted by Crippen LogP contribution is -2.36. The highest BCUT2D eigenvalue weighted by Gasteiger charge is 2.34. The summed E-state index contributed by atoms with van der Waals surface area (Å²) in [5.74, 6) is -2.17. The number of nitrogens with one attached hydrogen (secondary N) is 1. The second-order valence-corrected chi connectivity index (χ2v) is 14.4. The Morgan fingerprint density at radius 3 is 2.46 bits per heavy atom. The van der Waals surface area contributed by atoms with Gasteiger partial charge in [-0.25, -0.2) is 8.78 Å². The van der Waals surface area contributed by atoms with E-state index in [0.717, 1.165) is 0 Å². The number of piperidine rings is 1. The summed E-state index contributed by atoms with van der Waals surface area (Å²) in [6, 6.07) is 12.0. The van der Waals surface area contributed by atoms with Gasteiger partial charge in [-0.05, 0) is 66.1 Å². The average Bonchev–Trinajstić information content (AvgIpc) is 3.88. The zero-order valence-corrected chi connectivity index (χ0v) is 31.6. The highest BCUT2D eigenvalue weighted by atomic mass is 19.4. The van der Waals surface area contributed by atoms with E-state index in [1.165, 1.54) is 62.5 Å². The van der Waals surface area contributed by atoms with Gasteiger partial charge in [0.1, 0.15) is 23.0 Å². The molecule has 1 fully saturated rings. The molecule has 2 aromatic heterocycles. The first-order valence-corrected chi connectivity index (χ1v) is 18.5. The molecule has 2 aliphatic rings. The van der Waals surface area contributed by atoms with Crippen LogP contribution in [-0.2, 0) is 11.3 Å². The van der Waals surface area contributed by atoms with Crippen LogP contribution in [0.5, 0.6) is 11.5 Å². The summed E-state index contributed by atoms with van der Waals surface area (Å²) in [6.07, 6.45) is 1.72. The van der Waals surface area contributed by atoms with Gasteiger partial charge in [0.25, 0.3) is 5.91 Å². The van der Waals surface area contributed by atoms with Crippen LogP contribution in [0.3, 0.4) is 0 Å². The monoisotopic (exact) mass is 791 g/mol. The molecular formula is C41H42F5N7O4. The van der Waals surface area contributed by atoms with Gasteiger partial charge >= 0.3 is 6.36 Å². The van der Waals surface area contributed by atoms with Gasteiger partial charge < -0.3 is 34.9 Å². The summed E-state index contributed by atoms with van der Waals surface area (Å²) in [5.41, 5.74) is 7.68. The number of halogens is 5. The van der Waals surface area contributed by atoms with Crippen molar-refractivity contribution in [1.82, 2.24) is 24.6 Å². The molecule has 3 N–H and O–H groups in total. The number of benzene rings is 3. The van der Waals surface area contributed by atoms with Crippen LogP contribution in [0, 0.1) is 11.6 Å². The number of hydrogen-bond donors (Lipinski definition) is 2. The number of ether oxygens (including phenoxy) is 2. The largest absolute Gasteiger partial charge is 0.573 e. The van der Waals surface area contributed by atoms with Crippen molar-refractivity contribution in [3.63, 3.8) is 0 Å². The van der Waals surface area contributed by atoms with Crippen molar-refractivity contribution < 1.29 is 41.0 Å². The fourth-order valence-electron chi connectivity index (χ4n) is 7.68. The molecule has 4 heterocycles. The standard InChI is InChI=1S/C41H42F5N7O4/c1-50(2)40(55)33-20-30-29(19-28(38(43)39(30)49-33)26-6-4-13-52(23-26)37(54)11-17-53-14-5-12-48-53)27-8-7-25(18-35(27)57-41(44,45)46)24-9-15-51(16-10-24)34-22-36(56-3)32(47)21-31(34)42/h5-8,12,14,18-22,24,49H,4,9-11,13,15-17,23,47H2,1-3H3. The highest BCUT2D eigenvalue weighted by molar-refractivity contribution is 6.05. The fourth-order valence-corrected chi connectivity index (χ4v) is 7.68. The molecule has 5 aromatic rings. The average molecular weight is 792 g/mol. The molecule has 0 saturated carbocycles. The summed E-state index contributed by atoms with van der Waals surface area (Å²) in [7, 11) is 4.50. The fraction of sp³-hybridized carbons (Fsp3) is 0.341. The summed E-state index contributed by atoms with van der Waals surface area (Å²) in [6.45, 7) is 1.68. The Hall–Kier alpha value is -6.06. The Morgan fingerprint density at radius 1 is 1.00 bits per heavy atom. The number of rotatable bonds is 10. The number of aromatic nitrogens is 3. The minimum atomic E-state index is -5.07. The number of amides is 2. The van der Waals surface area contributed by atoms with Crippen LogP contribution in [0.25, 0.3) is 27.6 Å². The summed E-state index contributed by atoms with van der Waals surface area (Å²) < 4.78 is 85.6. The molecule has 2 aliphatic heterocycles. The van der Waals surface area contributed by atoms with E-state index >= 15 is 4.39 Å². The van der Waals surface area contributed by atoms with E-state index < -0.39 is 29.7 Å². The Morgan fingerprint density at radius 2 is 1.77 bits per heavy atom. The Balaban J connectivity index is 1.24. The van der Waals surface area contributed by atoms with Crippen LogP contribution >= 0.6 is 0 Å². The van der Waals surface area contributed by atoms with E-state index in [1.807, 2.05) is 11.0 Å². The Bertz CT molecular complexity index is 2330. The smallest absolute Gasteiger partial charge is 0.495 e. The number of carbonyl (C=O) groups is 2. The minimum absolute atomic E-state index is 0.0298. The summed E-state index contributed by atoms with van der Waals surface area (Å²) in [4.78, 5) is 34.0. The molecule has 0 unspecified atom stereocenters. The van der Waals surface area contributed by atoms with Gasteiger partial charge in [0.15, 0.2) is 5.82 Å². The number of carbonyl (C=O) groups excluding carboxylic acids is 2. The van der Waals surface area contributed by atoms with E-state index in [4.69, 9.17) is 10.5 Å². The minimum Gasteiger partial charge on any atom is -0.495 e. The van der Waals surface area contributed by atoms with E-state index in [1.54, 1.807) is 34.1 Å². The Kier molecular flexibility index (Phi) is 10.9. The molecule has 3 aromatic carbocycles. The molecule has 0 aliphatic carbocycles. The van der Waals surface area contributed by atoms with E-state index in [0.29, 0.717) is 68.0 Å². The number of alkyl halides is 3. The predicted molar refractivity (Wildman–Crippen MR) is 206 cm³/mol. The molecule has 0 atom stereocenters. The van der Waals surface area contributed by atoms with Crippen LogP contribution < -0.4 is 20.1 Å². The van der Waals surface area contributed by atoms with Gasteiger partial charge in [0.05, 0.1) is 24.0 Å². The first-order valence-electron chi connectivity index (χ1n) is 18.5. The lowest BCUT2D eigenvalue weighted by Gasteiger charge is -2.34. The van der Waals surface area contributed by atoms with Gasteiger partial charge in [0, 0.05) is 94.3 Å². The number of methoxy groups -OCH3 is 1. The van der Waals surface area contributed by atoms with Crippen molar-refractivity contribution in [1.29, 1.82) is 0 Å². The maximum absolute atomic E-state index is 16.6. The number of fused-ring (bicyclic) bond motifs is 1.